The van der Waals surface area contributed by atoms with Crippen LogP contribution in [0.1, 0.15) is 13.3 Å². The molecule has 1 heterocycles. The second kappa shape index (κ2) is 5.28. The van der Waals surface area contributed by atoms with Gasteiger partial charge in [-0.3, -0.25) is 4.79 Å². The van der Waals surface area contributed by atoms with Crippen LogP contribution in [-0.2, 0) is 11.3 Å². The molecule has 0 aromatic carbocycles. The van der Waals surface area contributed by atoms with Crippen molar-refractivity contribution in [3.8, 4) is 0 Å². The summed E-state index contributed by atoms with van der Waals surface area (Å²) in [6, 6.07) is 0.0268. The number of amides is 1. The summed E-state index contributed by atoms with van der Waals surface area (Å²) in [5, 5.41) is 13.2. The fraction of sp³-hybridized carbons (Fsp3) is 0.714. The van der Waals surface area contributed by atoms with Crippen molar-refractivity contribution in [1.82, 2.24) is 25.5 Å². The molecule has 78 valence electrons. The highest BCUT2D eigenvalue weighted by atomic mass is 16.2. The van der Waals surface area contributed by atoms with E-state index >= 15 is 0 Å². The van der Waals surface area contributed by atoms with Crippen molar-refractivity contribution in [2.24, 2.45) is 5.73 Å². The third-order valence-corrected chi connectivity index (χ3v) is 1.84. The molecule has 0 saturated carbocycles. The highest BCUT2D eigenvalue weighted by Gasteiger charge is 2.09. The molecule has 1 aromatic rings. The number of nitrogens with zero attached hydrogens (tertiary/aromatic N) is 4. The summed E-state index contributed by atoms with van der Waals surface area (Å²) in [6.45, 7) is 2.54. The number of carbonyl (C=O) groups excluding carboxylic acids is 1. The molecular weight excluding hydrogens is 184 g/mol. The molecule has 1 rings (SSSR count). The Balaban J connectivity index is 2.35. The Labute approximate surface area is 81.7 Å². The molecular formula is C7H14N6O. The first kappa shape index (κ1) is 10.6. The number of tetrazole rings is 1. The first-order chi connectivity index (χ1) is 6.76. The summed E-state index contributed by atoms with van der Waals surface area (Å²) >= 11 is 0. The summed E-state index contributed by atoms with van der Waals surface area (Å²) in [4.78, 5) is 11.4. The van der Waals surface area contributed by atoms with Crippen molar-refractivity contribution in [3.63, 3.8) is 0 Å². The monoisotopic (exact) mass is 198 g/mol. The number of carbonyl (C=O) groups is 1. The van der Waals surface area contributed by atoms with Crippen LogP contribution >= 0.6 is 0 Å². The van der Waals surface area contributed by atoms with Crippen LogP contribution in [0.4, 0.5) is 0 Å². The summed E-state index contributed by atoms with van der Waals surface area (Å²) in [5.41, 5.74) is 5.44. The molecule has 0 saturated heterocycles. The molecule has 1 atom stereocenters. The van der Waals surface area contributed by atoms with E-state index in [0.29, 0.717) is 6.54 Å². The third kappa shape index (κ3) is 3.09. The Hall–Kier alpha value is -1.50. The van der Waals surface area contributed by atoms with Crippen LogP contribution in [0, 0.1) is 0 Å². The quantitative estimate of drug-likeness (QED) is 0.601. The van der Waals surface area contributed by atoms with Gasteiger partial charge >= 0.3 is 0 Å². The molecule has 0 spiro atoms. The Kier molecular flexibility index (Phi) is 3.99. The number of nitrogens with one attached hydrogen (secondary N) is 1. The maximum absolute atomic E-state index is 11.4. The average molecular weight is 198 g/mol. The van der Waals surface area contributed by atoms with E-state index in [-0.39, 0.29) is 18.5 Å². The second-order valence-corrected chi connectivity index (χ2v) is 2.92. The molecule has 0 aliphatic rings. The Bertz CT molecular complexity index is 268. The fourth-order valence-electron chi connectivity index (χ4n) is 1.00. The lowest BCUT2D eigenvalue weighted by molar-refractivity contribution is -0.122. The van der Waals surface area contributed by atoms with Gasteiger partial charge in [-0.05, 0) is 16.8 Å². The van der Waals surface area contributed by atoms with Crippen LogP contribution in [0.25, 0.3) is 0 Å². The molecule has 14 heavy (non-hydrogen) atoms. The van der Waals surface area contributed by atoms with Crippen molar-refractivity contribution in [2.45, 2.75) is 25.9 Å². The minimum Gasteiger partial charge on any atom is -0.350 e. The standard InChI is InChI=1S/C7H14N6O/c1-2-6(3-8)10-7(14)4-13-5-9-11-12-13/h5-6H,2-4,8H2,1H3,(H,10,14). The molecule has 1 unspecified atom stereocenters. The Morgan fingerprint density at radius 1 is 1.71 bits per heavy atom. The van der Waals surface area contributed by atoms with E-state index in [1.165, 1.54) is 11.0 Å². The van der Waals surface area contributed by atoms with E-state index in [0.717, 1.165) is 6.42 Å². The molecule has 0 radical (unpaired) electrons. The van der Waals surface area contributed by atoms with Gasteiger partial charge in [0.2, 0.25) is 5.91 Å². The van der Waals surface area contributed by atoms with Crippen LogP contribution in [-0.4, -0.2) is 38.7 Å². The number of hydrogen-bond acceptors (Lipinski definition) is 5. The normalized spacial score (nSPS) is 12.4. The van der Waals surface area contributed by atoms with Crippen molar-refractivity contribution >= 4 is 5.91 Å². The van der Waals surface area contributed by atoms with Crippen molar-refractivity contribution in [2.75, 3.05) is 6.54 Å². The van der Waals surface area contributed by atoms with Gasteiger partial charge < -0.3 is 11.1 Å². The lowest BCUT2D eigenvalue weighted by atomic mass is 10.2. The van der Waals surface area contributed by atoms with Gasteiger partial charge in [0, 0.05) is 12.6 Å². The van der Waals surface area contributed by atoms with Crippen LogP contribution < -0.4 is 11.1 Å². The van der Waals surface area contributed by atoms with Crippen LogP contribution in [0.2, 0.25) is 0 Å². The molecule has 0 aliphatic carbocycles. The van der Waals surface area contributed by atoms with E-state index in [1.54, 1.807) is 0 Å². The molecule has 0 bridgehead atoms. The number of hydrogen-bond donors (Lipinski definition) is 2. The van der Waals surface area contributed by atoms with Gasteiger partial charge in [0.1, 0.15) is 12.9 Å². The van der Waals surface area contributed by atoms with Gasteiger partial charge in [0.25, 0.3) is 0 Å². The molecule has 0 fully saturated rings. The Morgan fingerprint density at radius 2 is 2.50 bits per heavy atom. The minimum absolute atomic E-state index is 0.0268. The first-order valence-corrected chi connectivity index (χ1v) is 4.46. The van der Waals surface area contributed by atoms with E-state index in [1.807, 2.05) is 6.92 Å². The summed E-state index contributed by atoms with van der Waals surface area (Å²) in [5.74, 6) is -0.130. The topological polar surface area (TPSA) is 98.7 Å². The summed E-state index contributed by atoms with van der Waals surface area (Å²) in [7, 11) is 0. The zero-order valence-corrected chi connectivity index (χ0v) is 8.05. The maximum atomic E-state index is 11.4. The SMILES string of the molecule is CCC(CN)NC(=O)Cn1cnnn1. The van der Waals surface area contributed by atoms with Crippen molar-refractivity contribution in [3.05, 3.63) is 6.33 Å². The summed E-state index contributed by atoms with van der Waals surface area (Å²) < 4.78 is 1.36. The Morgan fingerprint density at radius 3 is 3.00 bits per heavy atom. The predicted octanol–water partition coefficient (Wildman–Crippen LogP) is -1.47. The molecule has 7 nitrogen and oxygen atoms in total. The van der Waals surface area contributed by atoms with E-state index in [2.05, 4.69) is 20.8 Å². The molecule has 1 amide bonds. The van der Waals surface area contributed by atoms with Crippen molar-refractivity contribution < 1.29 is 4.79 Å². The highest BCUT2D eigenvalue weighted by molar-refractivity contribution is 5.75. The van der Waals surface area contributed by atoms with Gasteiger partial charge in [-0.1, -0.05) is 6.92 Å². The highest BCUT2D eigenvalue weighted by Crippen LogP contribution is 1.88. The predicted molar refractivity (Wildman–Crippen MR) is 49.1 cm³/mol. The van der Waals surface area contributed by atoms with Crippen LogP contribution in [0.3, 0.4) is 0 Å². The zero-order chi connectivity index (χ0) is 10.4. The van der Waals surface area contributed by atoms with Crippen LogP contribution in [0.15, 0.2) is 6.33 Å². The number of nitrogens with two attached hydrogens (primary N) is 1. The van der Waals surface area contributed by atoms with Gasteiger partial charge in [-0.15, -0.1) is 5.10 Å². The lowest BCUT2D eigenvalue weighted by Crippen LogP contribution is -2.41. The largest absolute Gasteiger partial charge is 0.350 e. The molecule has 3 N–H and O–H groups in total. The fourth-order valence-corrected chi connectivity index (χ4v) is 1.00. The average Bonchev–Trinajstić information content (AvgIpc) is 2.66. The van der Waals surface area contributed by atoms with Gasteiger partial charge in [0.15, 0.2) is 0 Å². The number of rotatable bonds is 5. The second-order valence-electron chi connectivity index (χ2n) is 2.92. The van der Waals surface area contributed by atoms with Gasteiger partial charge in [-0.25, -0.2) is 4.68 Å². The van der Waals surface area contributed by atoms with Crippen molar-refractivity contribution in [1.29, 1.82) is 0 Å². The summed E-state index contributed by atoms with van der Waals surface area (Å²) in [6.07, 6.45) is 2.21. The minimum atomic E-state index is -0.130. The van der Waals surface area contributed by atoms with Crippen LogP contribution in [0.5, 0.6) is 0 Å². The van der Waals surface area contributed by atoms with E-state index in [4.69, 9.17) is 5.73 Å². The lowest BCUT2D eigenvalue weighted by Gasteiger charge is -2.13. The van der Waals surface area contributed by atoms with E-state index in [9.17, 15) is 4.79 Å². The number of aromatic nitrogens is 4. The van der Waals surface area contributed by atoms with Gasteiger partial charge in [0.05, 0.1) is 0 Å². The third-order valence-electron chi connectivity index (χ3n) is 1.84. The van der Waals surface area contributed by atoms with E-state index < -0.39 is 0 Å². The molecule has 1 aromatic heterocycles. The first-order valence-electron chi connectivity index (χ1n) is 4.46. The molecule has 0 aliphatic heterocycles. The maximum Gasteiger partial charge on any atom is 0.242 e. The molecule has 7 heteroatoms. The van der Waals surface area contributed by atoms with Gasteiger partial charge in [-0.2, -0.15) is 0 Å². The smallest absolute Gasteiger partial charge is 0.242 e. The zero-order valence-electron chi connectivity index (χ0n) is 8.05.